The number of carbonyl (C=O) groups is 5. The average Bonchev–Trinajstić information content (AvgIpc) is 3.05. The number of carboxylic acid groups (broad SMARTS) is 1. The number of hydrogen-bond acceptors (Lipinski definition) is 8. The topological polar surface area (TPSA) is 155 Å². The molecule has 0 saturated heterocycles. The summed E-state index contributed by atoms with van der Waals surface area (Å²) in [5.41, 5.74) is -4.25. The van der Waals surface area contributed by atoms with E-state index in [4.69, 9.17) is 4.74 Å². The molecule has 0 aromatic heterocycles. The first-order valence-electron chi connectivity index (χ1n) is 13.6. The number of Topliss-reactive ketones (excluding diaryl/α,β-unsaturated/α-hetero) is 3. The maximum absolute atomic E-state index is 14.5. The zero-order valence-corrected chi connectivity index (χ0v) is 23.1. The molecule has 0 heterocycles. The lowest BCUT2D eigenvalue weighted by Gasteiger charge is -2.61. The van der Waals surface area contributed by atoms with E-state index in [0.29, 0.717) is 12.8 Å². The molecule has 0 spiro atoms. The molecule has 9 nitrogen and oxygen atoms in total. The number of carbonyl (C=O) groups excluding carboxylic acids is 4. The van der Waals surface area contributed by atoms with Gasteiger partial charge in [0.15, 0.2) is 11.9 Å². The summed E-state index contributed by atoms with van der Waals surface area (Å²) in [5, 5.41) is 30.4. The van der Waals surface area contributed by atoms with Crippen LogP contribution in [0.15, 0.2) is 11.1 Å². The van der Waals surface area contributed by atoms with Gasteiger partial charge >= 0.3 is 11.9 Å². The molecular formula is C29H40O9. The molecule has 2 saturated carbocycles. The van der Waals surface area contributed by atoms with Crippen molar-refractivity contribution in [1.82, 2.24) is 0 Å². The van der Waals surface area contributed by atoms with Gasteiger partial charge in [0.25, 0.3) is 0 Å². The first kappa shape index (κ1) is 28.6. The van der Waals surface area contributed by atoms with Crippen LogP contribution >= 0.6 is 0 Å². The standard InChI is InChI=1S/C29H40O9/c1-14(7-8-21(35)36)16-11-20(34)29(6)22-17(32)12-18-26(3,10-9-19(33)27(18,4)13-30)23(22)24(37)25(28(16,29)5)38-15(2)31/h14,16,18-19,25,30,33H,7-13H2,1-6H3,(H,35,36)/t14?,16-,18?,19+,25-,26+,27+,28+,29+/m1/s1. The van der Waals surface area contributed by atoms with Crippen LogP contribution in [0.4, 0.5) is 0 Å². The second kappa shape index (κ2) is 9.08. The van der Waals surface area contributed by atoms with E-state index in [0.717, 1.165) is 0 Å². The Morgan fingerprint density at radius 2 is 1.71 bits per heavy atom. The number of rotatable bonds is 6. The van der Waals surface area contributed by atoms with E-state index in [1.807, 2.05) is 13.8 Å². The van der Waals surface area contributed by atoms with Crippen LogP contribution in [-0.4, -0.2) is 63.4 Å². The highest BCUT2D eigenvalue weighted by Gasteiger charge is 2.74. The van der Waals surface area contributed by atoms with Crippen molar-refractivity contribution in [2.75, 3.05) is 6.61 Å². The number of aliphatic hydroxyl groups is 2. The van der Waals surface area contributed by atoms with E-state index < -0.39 is 63.4 Å². The highest BCUT2D eigenvalue weighted by atomic mass is 16.5. The molecule has 9 atom stereocenters. The van der Waals surface area contributed by atoms with Crippen LogP contribution in [0.5, 0.6) is 0 Å². The van der Waals surface area contributed by atoms with Gasteiger partial charge in [-0.3, -0.25) is 24.0 Å². The number of aliphatic hydroxyl groups excluding tert-OH is 2. The Bertz CT molecular complexity index is 1140. The summed E-state index contributed by atoms with van der Waals surface area (Å²) in [4.78, 5) is 66.2. The summed E-state index contributed by atoms with van der Waals surface area (Å²) >= 11 is 0. The Hall–Kier alpha value is -2.39. The lowest BCUT2D eigenvalue weighted by Crippen LogP contribution is -2.65. The lowest BCUT2D eigenvalue weighted by molar-refractivity contribution is -0.177. The number of fused-ring (bicyclic) bond motifs is 4. The molecule has 0 amide bonds. The minimum absolute atomic E-state index is 0.0207. The Balaban J connectivity index is 1.98. The highest BCUT2D eigenvalue weighted by Crippen LogP contribution is 2.70. The van der Waals surface area contributed by atoms with Crippen molar-refractivity contribution in [3.63, 3.8) is 0 Å². The number of hydrogen-bond donors (Lipinski definition) is 3. The number of ketones is 3. The number of allylic oxidation sites excluding steroid dienone is 1. The third-order valence-electron chi connectivity index (χ3n) is 11.2. The van der Waals surface area contributed by atoms with Crippen LogP contribution < -0.4 is 0 Å². The molecule has 2 fully saturated rings. The molecule has 38 heavy (non-hydrogen) atoms. The van der Waals surface area contributed by atoms with Crippen LogP contribution in [0.3, 0.4) is 0 Å². The van der Waals surface area contributed by atoms with Crippen molar-refractivity contribution in [3.05, 3.63) is 11.1 Å². The van der Waals surface area contributed by atoms with E-state index in [-0.39, 0.29) is 60.9 Å². The Morgan fingerprint density at radius 3 is 2.26 bits per heavy atom. The second-order valence-electron chi connectivity index (χ2n) is 13.0. The third-order valence-corrected chi connectivity index (χ3v) is 11.2. The Kier molecular flexibility index (Phi) is 6.84. The molecule has 4 aliphatic rings. The predicted octanol–water partition coefficient (Wildman–Crippen LogP) is 2.65. The number of carboxylic acids is 1. The van der Waals surface area contributed by atoms with Gasteiger partial charge in [-0.15, -0.1) is 0 Å². The number of aliphatic carboxylic acids is 1. The van der Waals surface area contributed by atoms with Gasteiger partial charge in [-0.25, -0.2) is 0 Å². The molecule has 0 aromatic rings. The fourth-order valence-corrected chi connectivity index (χ4v) is 8.76. The van der Waals surface area contributed by atoms with E-state index in [9.17, 15) is 39.3 Å². The Labute approximate surface area is 223 Å². The molecule has 4 aliphatic carbocycles. The van der Waals surface area contributed by atoms with Crippen molar-refractivity contribution < 1.29 is 44.0 Å². The van der Waals surface area contributed by atoms with Crippen molar-refractivity contribution >= 4 is 29.3 Å². The summed E-state index contributed by atoms with van der Waals surface area (Å²) in [5.74, 6) is -4.06. The quantitative estimate of drug-likeness (QED) is 0.438. The normalized spacial score (nSPS) is 43.3. The summed E-state index contributed by atoms with van der Waals surface area (Å²) < 4.78 is 5.75. The molecule has 210 valence electrons. The maximum atomic E-state index is 14.5. The summed E-state index contributed by atoms with van der Waals surface area (Å²) in [7, 11) is 0. The first-order chi connectivity index (χ1) is 17.5. The van der Waals surface area contributed by atoms with Crippen molar-refractivity contribution in [3.8, 4) is 0 Å². The molecule has 0 aliphatic heterocycles. The predicted molar refractivity (Wildman–Crippen MR) is 135 cm³/mol. The minimum atomic E-state index is -1.42. The van der Waals surface area contributed by atoms with Crippen molar-refractivity contribution in [2.24, 2.45) is 39.4 Å². The van der Waals surface area contributed by atoms with Crippen molar-refractivity contribution in [2.45, 2.75) is 92.3 Å². The van der Waals surface area contributed by atoms with Gasteiger partial charge in [-0.05, 0) is 43.9 Å². The Morgan fingerprint density at radius 1 is 1.08 bits per heavy atom. The molecule has 3 N–H and O–H groups in total. The second-order valence-corrected chi connectivity index (χ2v) is 13.0. The minimum Gasteiger partial charge on any atom is -0.481 e. The van der Waals surface area contributed by atoms with Crippen molar-refractivity contribution in [1.29, 1.82) is 0 Å². The number of esters is 1. The van der Waals surface area contributed by atoms with Gasteiger partial charge in [-0.1, -0.05) is 27.7 Å². The number of ether oxygens (including phenoxy) is 1. The zero-order chi connectivity index (χ0) is 28.6. The van der Waals surface area contributed by atoms with Gasteiger partial charge in [0.05, 0.1) is 18.1 Å². The summed E-state index contributed by atoms with van der Waals surface area (Å²) in [6.45, 7) is 9.67. The van der Waals surface area contributed by atoms with E-state index >= 15 is 0 Å². The molecule has 0 aromatic carbocycles. The first-order valence-corrected chi connectivity index (χ1v) is 13.6. The monoisotopic (exact) mass is 532 g/mol. The molecular weight excluding hydrogens is 492 g/mol. The average molecular weight is 533 g/mol. The third kappa shape index (κ3) is 3.53. The van der Waals surface area contributed by atoms with Crippen LogP contribution in [-0.2, 0) is 28.7 Å². The fraction of sp³-hybridized carbons (Fsp3) is 0.759. The molecule has 4 rings (SSSR count). The molecule has 2 unspecified atom stereocenters. The summed E-state index contributed by atoms with van der Waals surface area (Å²) in [6, 6.07) is 0. The molecule has 0 radical (unpaired) electrons. The van der Waals surface area contributed by atoms with Crippen LogP contribution in [0, 0.1) is 39.4 Å². The van der Waals surface area contributed by atoms with Gasteiger partial charge in [0, 0.05) is 53.6 Å². The van der Waals surface area contributed by atoms with E-state index in [1.54, 1.807) is 20.8 Å². The van der Waals surface area contributed by atoms with Gasteiger partial charge in [-0.2, -0.15) is 0 Å². The van der Waals surface area contributed by atoms with Crippen LogP contribution in [0.2, 0.25) is 0 Å². The lowest BCUT2D eigenvalue weighted by atomic mass is 9.42. The maximum Gasteiger partial charge on any atom is 0.303 e. The van der Waals surface area contributed by atoms with Gasteiger partial charge in [0.2, 0.25) is 5.78 Å². The molecule has 9 heteroatoms. The smallest absolute Gasteiger partial charge is 0.303 e. The zero-order valence-electron chi connectivity index (χ0n) is 23.1. The van der Waals surface area contributed by atoms with Crippen LogP contribution in [0.1, 0.15) is 80.1 Å². The van der Waals surface area contributed by atoms with E-state index in [2.05, 4.69) is 0 Å². The van der Waals surface area contributed by atoms with Gasteiger partial charge < -0.3 is 20.1 Å². The van der Waals surface area contributed by atoms with E-state index in [1.165, 1.54) is 6.92 Å². The largest absolute Gasteiger partial charge is 0.481 e. The molecule has 0 bridgehead atoms. The summed E-state index contributed by atoms with van der Waals surface area (Å²) in [6.07, 6.45) is -1.34. The fourth-order valence-electron chi connectivity index (χ4n) is 8.76. The SMILES string of the molecule is CC(=O)O[C@@H]1C(=O)C2=C(C(=O)CC3[C@](C)(CO)[C@@H](O)CC[C@]23C)[C@]2(C)C(=O)C[C@H](C(C)CCC(=O)O)[C@@]12C. The highest BCUT2D eigenvalue weighted by molar-refractivity contribution is 6.18. The van der Waals surface area contributed by atoms with Gasteiger partial charge in [0.1, 0.15) is 5.78 Å². The van der Waals surface area contributed by atoms with Crippen LogP contribution in [0.25, 0.3) is 0 Å².